The van der Waals surface area contributed by atoms with Crippen LogP contribution >= 0.6 is 11.6 Å². The van der Waals surface area contributed by atoms with E-state index < -0.39 is 0 Å². The topological polar surface area (TPSA) is 48.4 Å². The normalized spacial score (nSPS) is 10.9. The molecular weight excluding hydrogens is 348 g/mol. The minimum Gasteiger partial charge on any atom is -0.493 e. The van der Waals surface area contributed by atoms with Gasteiger partial charge in [0.2, 0.25) is 5.69 Å². The summed E-state index contributed by atoms with van der Waals surface area (Å²) in [6.45, 7) is 2.09. The van der Waals surface area contributed by atoms with Crippen LogP contribution in [0, 0.1) is 6.92 Å². The third-order valence-electron chi connectivity index (χ3n) is 4.58. The molecule has 0 bridgehead atoms. The molecule has 0 radical (unpaired) electrons. The average molecular weight is 372 g/mol. The first-order valence-electron chi connectivity index (χ1n) is 8.61. The van der Waals surface area contributed by atoms with Gasteiger partial charge in [-0.1, -0.05) is 12.1 Å². The molecule has 1 heterocycles. The molecule has 2 aromatic carbocycles. The van der Waals surface area contributed by atoms with Crippen LogP contribution in [0.4, 0.5) is 5.69 Å². The van der Waals surface area contributed by atoms with Crippen molar-refractivity contribution in [2.75, 3.05) is 25.8 Å². The zero-order valence-electron chi connectivity index (χ0n) is 15.4. The number of anilines is 1. The van der Waals surface area contributed by atoms with Gasteiger partial charge in [0.15, 0.2) is 22.9 Å². The second-order valence-electron chi connectivity index (χ2n) is 6.21. The second kappa shape index (κ2) is 7.83. The number of nitrogen functional groups attached to an aromatic ring is 1. The van der Waals surface area contributed by atoms with Crippen LogP contribution in [-0.2, 0) is 6.42 Å². The Morgan fingerprint density at radius 2 is 1.73 bits per heavy atom. The summed E-state index contributed by atoms with van der Waals surface area (Å²) in [6, 6.07) is 14.1. The Hall–Kier alpha value is -2.46. The maximum Gasteiger partial charge on any atom is 0.234 e. The first kappa shape index (κ1) is 18.3. The predicted octanol–water partition coefficient (Wildman–Crippen LogP) is 4.20. The second-order valence-corrected chi connectivity index (χ2v) is 6.59. The number of aromatic nitrogens is 1. The highest BCUT2D eigenvalue weighted by molar-refractivity contribution is 6.17. The molecule has 0 amide bonds. The van der Waals surface area contributed by atoms with E-state index in [1.165, 1.54) is 5.69 Å². The number of pyridine rings is 1. The van der Waals surface area contributed by atoms with E-state index in [2.05, 4.69) is 17.6 Å². The average Bonchev–Trinajstić information content (AvgIpc) is 2.65. The molecule has 3 aromatic rings. The van der Waals surface area contributed by atoms with E-state index in [9.17, 15) is 0 Å². The summed E-state index contributed by atoms with van der Waals surface area (Å²) < 4.78 is 13.2. The first-order valence-corrected chi connectivity index (χ1v) is 9.15. The number of hydrogen-bond donors (Lipinski definition) is 1. The molecule has 136 valence electrons. The van der Waals surface area contributed by atoms with Crippen LogP contribution in [0.25, 0.3) is 16.5 Å². The summed E-state index contributed by atoms with van der Waals surface area (Å²) in [6.07, 6.45) is 1.71. The van der Waals surface area contributed by atoms with E-state index in [-0.39, 0.29) is 0 Å². The van der Waals surface area contributed by atoms with Crippen LogP contribution in [0.2, 0.25) is 0 Å². The van der Waals surface area contributed by atoms with Gasteiger partial charge in [0.25, 0.3) is 0 Å². The number of para-hydroxylation sites is 2. The zero-order valence-corrected chi connectivity index (χ0v) is 16.1. The minimum atomic E-state index is 0.604. The molecule has 0 spiro atoms. The molecule has 0 unspecified atom stereocenters. The Kier molecular flexibility index (Phi) is 5.52. The fourth-order valence-electron chi connectivity index (χ4n) is 3.39. The van der Waals surface area contributed by atoms with Crippen LogP contribution in [0.15, 0.2) is 42.5 Å². The smallest absolute Gasteiger partial charge is 0.234 e. The van der Waals surface area contributed by atoms with Crippen molar-refractivity contribution < 1.29 is 14.0 Å². The molecule has 3 rings (SSSR count). The van der Waals surface area contributed by atoms with E-state index in [0.29, 0.717) is 11.6 Å². The molecule has 0 saturated heterocycles. The number of benzene rings is 2. The molecule has 0 fully saturated rings. The van der Waals surface area contributed by atoms with Crippen molar-refractivity contribution >= 4 is 28.1 Å². The Balaban J connectivity index is 2.36. The van der Waals surface area contributed by atoms with E-state index in [0.717, 1.165) is 46.4 Å². The Bertz CT molecular complexity index is 941. The van der Waals surface area contributed by atoms with E-state index >= 15 is 0 Å². The molecule has 0 aliphatic rings. The lowest BCUT2D eigenvalue weighted by molar-refractivity contribution is -0.608. The molecule has 4 nitrogen and oxygen atoms in total. The number of nitrogens with zero attached hydrogens (tertiary/aromatic N) is 1. The summed E-state index contributed by atoms with van der Waals surface area (Å²) in [4.78, 5) is 0. The van der Waals surface area contributed by atoms with Crippen molar-refractivity contribution in [3.63, 3.8) is 0 Å². The van der Waals surface area contributed by atoms with E-state index in [4.69, 9.17) is 26.8 Å². The van der Waals surface area contributed by atoms with Crippen molar-refractivity contribution in [2.24, 2.45) is 0 Å². The SMILES string of the molecule is COc1cc2cc(C)[n+](-c3ccccc3N)c(CCCCl)c2cc1OC. The summed E-state index contributed by atoms with van der Waals surface area (Å²) in [5.74, 6) is 2.04. The highest BCUT2D eigenvalue weighted by Crippen LogP contribution is 2.34. The zero-order chi connectivity index (χ0) is 18.7. The lowest BCUT2D eigenvalue weighted by atomic mass is 10.0. The van der Waals surface area contributed by atoms with Crippen molar-refractivity contribution in [3.8, 4) is 17.2 Å². The summed E-state index contributed by atoms with van der Waals surface area (Å²) in [5, 5.41) is 2.22. The van der Waals surface area contributed by atoms with Crippen molar-refractivity contribution in [1.82, 2.24) is 0 Å². The van der Waals surface area contributed by atoms with Crippen LogP contribution in [-0.4, -0.2) is 20.1 Å². The van der Waals surface area contributed by atoms with Crippen LogP contribution in [0.1, 0.15) is 17.8 Å². The molecule has 0 saturated carbocycles. The van der Waals surface area contributed by atoms with E-state index in [1.54, 1.807) is 14.2 Å². The lowest BCUT2D eigenvalue weighted by Crippen LogP contribution is -2.40. The van der Waals surface area contributed by atoms with Gasteiger partial charge < -0.3 is 15.2 Å². The van der Waals surface area contributed by atoms with Crippen molar-refractivity contribution in [2.45, 2.75) is 19.8 Å². The van der Waals surface area contributed by atoms with Gasteiger partial charge in [-0.3, -0.25) is 0 Å². The highest BCUT2D eigenvalue weighted by Gasteiger charge is 2.24. The first-order chi connectivity index (χ1) is 12.6. The number of fused-ring (bicyclic) bond motifs is 1. The number of alkyl halides is 1. The molecule has 2 N–H and O–H groups in total. The van der Waals surface area contributed by atoms with Crippen molar-refractivity contribution in [1.29, 1.82) is 0 Å². The van der Waals surface area contributed by atoms with Crippen LogP contribution in [0.3, 0.4) is 0 Å². The molecule has 26 heavy (non-hydrogen) atoms. The molecular formula is C21H24ClN2O2+. The predicted molar refractivity (Wildman–Crippen MR) is 107 cm³/mol. The lowest BCUT2D eigenvalue weighted by Gasteiger charge is -2.14. The highest BCUT2D eigenvalue weighted by atomic mass is 35.5. The van der Waals surface area contributed by atoms with E-state index in [1.807, 2.05) is 36.4 Å². The molecule has 0 atom stereocenters. The van der Waals surface area contributed by atoms with Gasteiger partial charge in [-0.15, -0.1) is 11.6 Å². The van der Waals surface area contributed by atoms with Crippen molar-refractivity contribution in [3.05, 3.63) is 53.9 Å². The molecule has 0 aliphatic carbocycles. The van der Waals surface area contributed by atoms with Crippen LogP contribution in [0.5, 0.6) is 11.5 Å². The standard InChI is InChI=1S/C21H24ClN2O2/c1-14-11-15-12-20(25-2)21(26-3)13-16(15)18(9-6-10-22)24(14)19-8-5-4-7-17(19)23/h4-5,7-8,11-13H,6,9-10,23H2,1-3H3/q+1. The number of ether oxygens (including phenoxy) is 2. The van der Waals surface area contributed by atoms with Gasteiger partial charge in [0, 0.05) is 31.4 Å². The van der Waals surface area contributed by atoms with Gasteiger partial charge in [0.1, 0.15) is 5.69 Å². The van der Waals surface area contributed by atoms with Crippen LogP contribution < -0.4 is 19.8 Å². The largest absolute Gasteiger partial charge is 0.493 e. The van der Waals surface area contributed by atoms with Gasteiger partial charge in [-0.05, 0) is 30.0 Å². The van der Waals surface area contributed by atoms with Gasteiger partial charge in [0.05, 0.1) is 19.6 Å². The maximum atomic E-state index is 6.27. The minimum absolute atomic E-state index is 0.604. The summed E-state index contributed by atoms with van der Waals surface area (Å²) in [5.41, 5.74) is 10.3. The van der Waals surface area contributed by atoms with Gasteiger partial charge in [-0.25, -0.2) is 0 Å². The Morgan fingerprint density at radius 3 is 2.38 bits per heavy atom. The number of methoxy groups -OCH3 is 2. The number of hydrogen-bond acceptors (Lipinski definition) is 3. The maximum absolute atomic E-state index is 6.27. The number of nitrogens with two attached hydrogens (primary N) is 1. The number of rotatable bonds is 6. The summed E-state index contributed by atoms with van der Waals surface area (Å²) in [7, 11) is 3.30. The third kappa shape index (κ3) is 3.29. The summed E-state index contributed by atoms with van der Waals surface area (Å²) >= 11 is 6.00. The monoisotopic (exact) mass is 371 g/mol. The number of aryl methyl sites for hydroxylation is 2. The third-order valence-corrected chi connectivity index (χ3v) is 4.85. The van der Waals surface area contributed by atoms with Gasteiger partial charge in [-0.2, -0.15) is 4.57 Å². The van der Waals surface area contributed by atoms with Gasteiger partial charge >= 0.3 is 0 Å². The molecule has 0 aliphatic heterocycles. The fourth-order valence-corrected chi connectivity index (χ4v) is 3.53. The molecule has 1 aromatic heterocycles. The number of halogens is 1. The Labute approximate surface area is 159 Å². The Morgan fingerprint density at radius 1 is 1.04 bits per heavy atom. The quantitative estimate of drug-likeness (QED) is 0.401. The molecule has 5 heteroatoms. The fraction of sp³-hybridized carbons (Fsp3) is 0.286.